The minimum Gasteiger partial charge on any atom is -0.497 e. The Morgan fingerprint density at radius 1 is 1.20 bits per heavy atom. The Morgan fingerprint density at radius 3 is 2.76 bits per heavy atom. The minimum atomic E-state index is -0.125. The van der Waals surface area contributed by atoms with Gasteiger partial charge in [0.2, 0.25) is 5.91 Å². The monoisotopic (exact) mass is 356 g/mol. The Kier molecular flexibility index (Phi) is 5.36. The highest BCUT2D eigenvalue weighted by molar-refractivity contribution is 6.30. The third kappa shape index (κ3) is 4.61. The second-order valence-electron chi connectivity index (χ2n) is 5.49. The summed E-state index contributed by atoms with van der Waals surface area (Å²) in [6.45, 7) is 0.441. The van der Waals surface area contributed by atoms with E-state index in [0.29, 0.717) is 23.0 Å². The van der Waals surface area contributed by atoms with Gasteiger partial charge < -0.3 is 14.6 Å². The van der Waals surface area contributed by atoms with Gasteiger partial charge >= 0.3 is 0 Å². The highest BCUT2D eigenvalue weighted by atomic mass is 35.5. The summed E-state index contributed by atoms with van der Waals surface area (Å²) in [5.74, 6) is 1.20. The fourth-order valence-electron chi connectivity index (χ4n) is 2.34. The zero-order valence-electron chi connectivity index (χ0n) is 13.7. The summed E-state index contributed by atoms with van der Waals surface area (Å²) >= 11 is 5.84. The zero-order chi connectivity index (χ0) is 17.6. The Labute approximate surface area is 150 Å². The van der Waals surface area contributed by atoms with Crippen LogP contribution in [0.5, 0.6) is 5.75 Å². The van der Waals surface area contributed by atoms with E-state index in [1.807, 2.05) is 36.4 Å². The number of nitrogens with zero attached hydrogens (tertiary/aromatic N) is 1. The van der Waals surface area contributed by atoms with Gasteiger partial charge in [0.25, 0.3) is 0 Å². The van der Waals surface area contributed by atoms with Crippen molar-refractivity contribution in [2.75, 3.05) is 7.11 Å². The molecule has 1 N–H and O–H groups in total. The zero-order valence-corrected chi connectivity index (χ0v) is 14.4. The van der Waals surface area contributed by atoms with Gasteiger partial charge in [-0.15, -0.1) is 0 Å². The first-order valence-electron chi connectivity index (χ1n) is 7.75. The summed E-state index contributed by atoms with van der Waals surface area (Å²) in [5.41, 5.74) is 2.40. The lowest BCUT2D eigenvalue weighted by atomic mass is 10.1. The van der Waals surface area contributed by atoms with Gasteiger partial charge in [0.05, 0.1) is 19.2 Å². The number of amides is 1. The van der Waals surface area contributed by atoms with E-state index in [-0.39, 0.29) is 12.3 Å². The second-order valence-corrected chi connectivity index (χ2v) is 5.93. The molecule has 0 aliphatic rings. The maximum atomic E-state index is 12.1. The van der Waals surface area contributed by atoms with Crippen molar-refractivity contribution in [3.63, 3.8) is 0 Å². The minimum absolute atomic E-state index is 0.125. The molecule has 0 bridgehead atoms. The van der Waals surface area contributed by atoms with Crippen molar-refractivity contribution >= 4 is 17.5 Å². The summed E-state index contributed by atoms with van der Waals surface area (Å²) in [4.78, 5) is 12.1. The van der Waals surface area contributed by atoms with E-state index in [1.165, 1.54) is 0 Å². The summed E-state index contributed by atoms with van der Waals surface area (Å²) in [6.07, 6.45) is 0.154. The van der Waals surface area contributed by atoms with Gasteiger partial charge in [-0.2, -0.15) is 0 Å². The standard InChI is InChI=1S/C19H17ClN2O3/c1-24-17-4-2-3-14(9-17)18-10-16(22-25-18)11-19(23)21-12-13-5-7-15(20)8-6-13/h2-10H,11-12H2,1H3,(H,21,23). The molecule has 0 saturated heterocycles. The third-order valence-electron chi connectivity index (χ3n) is 3.66. The number of rotatable bonds is 6. The van der Waals surface area contributed by atoms with Crippen LogP contribution in [0.3, 0.4) is 0 Å². The fraction of sp³-hybridized carbons (Fsp3) is 0.158. The molecule has 0 radical (unpaired) electrons. The number of hydrogen-bond donors (Lipinski definition) is 1. The molecule has 1 amide bonds. The summed E-state index contributed by atoms with van der Waals surface area (Å²) in [6, 6.07) is 16.6. The molecule has 0 aliphatic carbocycles. The van der Waals surface area contributed by atoms with Gasteiger partial charge in [-0.05, 0) is 29.8 Å². The quantitative estimate of drug-likeness (QED) is 0.728. The van der Waals surface area contributed by atoms with Crippen LogP contribution in [0, 0.1) is 0 Å². The van der Waals surface area contributed by atoms with Crippen molar-refractivity contribution in [2.24, 2.45) is 0 Å². The number of halogens is 1. The molecule has 3 rings (SSSR count). The Morgan fingerprint density at radius 2 is 2.00 bits per heavy atom. The molecule has 3 aromatic rings. The van der Waals surface area contributed by atoms with E-state index in [4.69, 9.17) is 20.9 Å². The molecule has 0 aliphatic heterocycles. The first kappa shape index (κ1) is 17.0. The molecule has 1 heterocycles. The molecule has 6 heteroatoms. The number of benzene rings is 2. The molecule has 0 saturated carbocycles. The number of ether oxygens (including phenoxy) is 1. The van der Waals surface area contributed by atoms with Gasteiger partial charge in [0, 0.05) is 23.2 Å². The Bertz CT molecular complexity index is 859. The van der Waals surface area contributed by atoms with Crippen molar-refractivity contribution in [2.45, 2.75) is 13.0 Å². The van der Waals surface area contributed by atoms with Gasteiger partial charge in [0.1, 0.15) is 5.75 Å². The fourth-order valence-corrected chi connectivity index (χ4v) is 2.46. The van der Waals surface area contributed by atoms with Crippen molar-refractivity contribution < 1.29 is 14.1 Å². The number of aromatic nitrogens is 1. The highest BCUT2D eigenvalue weighted by Crippen LogP contribution is 2.24. The van der Waals surface area contributed by atoms with Crippen LogP contribution in [0.4, 0.5) is 0 Å². The van der Waals surface area contributed by atoms with Crippen molar-refractivity contribution in [3.8, 4) is 17.1 Å². The van der Waals surface area contributed by atoms with Gasteiger partial charge in [-0.1, -0.05) is 41.0 Å². The number of carbonyl (C=O) groups is 1. The molecule has 5 nitrogen and oxygen atoms in total. The number of hydrogen-bond acceptors (Lipinski definition) is 4. The second kappa shape index (κ2) is 7.85. The van der Waals surface area contributed by atoms with Crippen LogP contribution in [0.15, 0.2) is 59.1 Å². The van der Waals surface area contributed by atoms with Crippen LogP contribution < -0.4 is 10.1 Å². The lowest BCUT2D eigenvalue weighted by Gasteiger charge is -2.04. The maximum Gasteiger partial charge on any atom is 0.226 e. The van der Waals surface area contributed by atoms with Gasteiger partial charge in [0.15, 0.2) is 5.76 Å². The van der Waals surface area contributed by atoms with E-state index < -0.39 is 0 Å². The molecule has 1 aromatic heterocycles. The van der Waals surface area contributed by atoms with E-state index in [1.54, 1.807) is 25.3 Å². The van der Waals surface area contributed by atoms with Gasteiger partial charge in [-0.3, -0.25) is 4.79 Å². The topological polar surface area (TPSA) is 64.4 Å². The Hall–Kier alpha value is -2.79. The third-order valence-corrected chi connectivity index (χ3v) is 3.91. The molecule has 0 unspecified atom stereocenters. The molecule has 128 valence electrons. The molecular formula is C19H17ClN2O3. The lowest BCUT2D eigenvalue weighted by molar-refractivity contribution is -0.120. The van der Waals surface area contributed by atoms with Crippen LogP contribution >= 0.6 is 11.6 Å². The van der Waals surface area contributed by atoms with E-state index in [9.17, 15) is 4.79 Å². The summed E-state index contributed by atoms with van der Waals surface area (Å²) in [5, 5.41) is 7.48. The van der Waals surface area contributed by atoms with E-state index in [2.05, 4.69) is 10.5 Å². The van der Waals surface area contributed by atoms with E-state index in [0.717, 1.165) is 16.9 Å². The molecule has 2 aromatic carbocycles. The van der Waals surface area contributed by atoms with Crippen molar-refractivity contribution in [3.05, 3.63) is 70.9 Å². The lowest BCUT2D eigenvalue weighted by Crippen LogP contribution is -2.24. The van der Waals surface area contributed by atoms with E-state index >= 15 is 0 Å². The SMILES string of the molecule is COc1cccc(-c2cc(CC(=O)NCc3ccc(Cl)cc3)no2)c1. The normalized spacial score (nSPS) is 10.5. The summed E-state index contributed by atoms with van der Waals surface area (Å²) < 4.78 is 10.5. The molecule has 25 heavy (non-hydrogen) atoms. The Balaban J connectivity index is 1.58. The van der Waals surface area contributed by atoms with Crippen LogP contribution in [0.2, 0.25) is 5.02 Å². The average molecular weight is 357 g/mol. The smallest absolute Gasteiger partial charge is 0.226 e. The van der Waals surface area contributed by atoms with Crippen molar-refractivity contribution in [1.29, 1.82) is 0 Å². The molecular weight excluding hydrogens is 340 g/mol. The van der Waals surface area contributed by atoms with Crippen LogP contribution in [-0.2, 0) is 17.8 Å². The summed E-state index contributed by atoms with van der Waals surface area (Å²) in [7, 11) is 1.61. The predicted octanol–water partition coefficient (Wildman–Crippen LogP) is 3.86. The number of nitrogens with one attached hydrogen (secondary N) is 1. The molecule has 0 fully saturated rings. The first-order chi connectivity index (χ1) is 12.1. The maximum absolute atomic E-state index is 12.1. The number of methoxy groups -OCH3 is 1. The molecule has 0 atom stereocenters. The first-order valence-corrected chi connectivity index (χ1v) is 8.13. The predicted molar refractivity (Wildman–Crippen MR) is 95.5 cm³/mol. The number of carbonyl (C=O) groups excluding carboxylic acids is 1. The largest absolute Gasteiger partial charge is 0.497 e. The van der Waals surface area contributed by atoms with Crippen LogP contribution in [-0.4, -0.2) is 18.2 Å². The van der Waals surface area contributed by atoms with Gasteiger partial charge in [-0.25, -0.2) is 0 Å². The average Bonchev–Trinajstić information content (AvgIpc) is 3.10. The molecule has 0 spiro atoms. The van der Waals surface area contributed by atoms with Crippen LogP contribution in [0.1, 0.15) is 11.3 Å². The van der Waals surface area contributed by atoms with Crippen LogP contribution in [0.25, 0.3) is 11.3 Å². The highest BCUT2D eigenvalue weighted by Gasteiger charge is 2.11. The van der Waals surface area contributed by atoms with Crippen molar-refractivity contribution in [1.82, 2.24) is 10.5 Å².